The first-order valence-corrected chi connectivity index (χ1v) is 9.63. The Bertz CT molecular complexity index is 1140. The van der Waals surface area contributed by atoms with Gasteiger partial charge in [0, 0.05) is 11.1 Å². The summed E-state index contributed by atoms with van der Waals surface area (Å²) in [5, 5.41) is 3.22. The number of hydrogen-bond acceptors (Lipinski definition) is 6. The van der Waals surface area contributed by atoms with Crippen LogP contribution in [-0.4, -0.2) is 25.1 Å². The second kappa shape index (κ2) is 6.95. The smallest absolute Gasteiger partial charge is 0.328 e. The Morgan fingerprint density at radius 2 is 1.61 bits per heavy atom. The maximum Gasteiger partial charge on any atom is 0.328 e. The summed E-state index contributed by atoms with van der Waals surface area (Å²) < 4.78 is 41.7. The number of furan rings is 1. The Morgan fingerprint density at radius 3 is 2.18 bits per heavy atom. The molecule has 0 aliphatic carbocycles. The van der Waals surface area contributed by atoms with Gasteiger partial charge in [0.25, 0.3) is 5.91 Å². The normalized spacial score (nSPS) is 13.6. The van der Waals surface area contributed by atoms with Crippen molar-refractivity contribution >= 4 is 22.2 Å². The third-order valence-corrected chi connectivity index (χ3v) is 4.89. The standard InChI is InChI=1S/C19H14N2O6S/c22-19(21-20-11-12-9-10-17(26-12)28(23,24)25)18-13-5-1-3-7-15(13)27-16-8-4-2-6-14(16)18/h1-11,18H,(H,21,22)(H,23,24,25). The van der Waals surface area contributed by atoms with E-state index in [0.717, 1.165) is 12.3 Å². The zero-order valence-electron chi connectivity index (χ0n) is 14.3. The summed E-state index contributed by atoms with van der Waals surface area (Å²) in [7, 11) is -4.44. The average Bonchev–Trinajstić information content (AvgIpc) is 3.15. The molecule has 0 fully saturated rings. The highest BCUT2D eigenvalue weighted by Gasteiger charge is 2.32. The van der Waals surface area contributed by atoms with Crippen molar-refractivity contribution in [2.45, 2.75) is 11.0 Å². The van der Waals surface area contributed by atoms with Crippen LogP contribution in [0.1, 0.15) is 22.8 Å². The lowest BCUT2D eigenvalue weighted by atomic mass is 9.87. The molecule has 28 heavy (non-hydrogen) atoms. The number of nitrogens with one attached hydrogen (secondary N) is 1. The summed E-state index contributed by atoms with van der Waals surface area (Å²) >= 11 is 0. The van der Waals surface area contributed by atoms with E-state index in [2.05, 4.69) is 10.5 Å². The van der Waals surface area contributed by atoms with E-state index in [1.807, 2.05) is 36.4 Å². The van der Waals surface area contributed by atoms with E-state index < -0.39 is 21.1 Å². The molecule has 9 heteroatoms. The summed E-state index contributed by atoms with van der Waals surface area (Å²) in [6.45, 7) is 0. The van der Waals surface area contributed by atoms with Crippen LogP contribution in [0.5, 0.6) is 11.5 Å². The Hall–Kier alpha value is -3.43. The van der Waals surface area contributed by atoms with E-state index in [4.69, 9.17) is 13.7 Å². The zero-order chi connectivity index (χ0) is 19.7. The fraction of sp³-hybridized carbons (Fsp3) is 0.0526. The van der Waals surface area contributed by atoms with Crippen LogP contribution in [0.15, 0.2) is 75.3 Å². The molecule has 1 aliphatic rings. The Morgan fingerprint density at radius 1 is 1.00 bits per heavy atom. The molecule has 0 saturated carbocycles. The topological polar surface area (TPSA) is 118 Å². The Balaban J connectivity index is 1.58. The van der Waals surface area contributed by atoms with Gasteiger partial charge in [-0.3, -0.25) is 9.35 Å². The molecular formula is C19H14N2O6S. The summed E-state index contributed by atoms with van der Waals surface area (Å²) in [6, 6.07) is 16.9. The lowest BCUT2D eigenvalue weighted by molar-refractivity contribution is -0.121. The summed E-state index contributed by atoms with van der Waals surface area (Å²) in [5.74, 6) is 0.230. The highest BCUT2D eigenvalue weighted by molar-refractivity contribution is 7.85. The van der Waals surface area contributed by atoms with E-state index >= 15 is 0 Å². The average molecular weight is 398 g/mol. The summed E-state index contributed by atoms with van der Waals surface area (Å²) in [6.07, 6.45) is 1.14. The van der Waals surface area contributed by atoms with Crippen LogP contribution >= 0.6 is 0 Å². The second-order valence-corrected chi connectivity index (χ2v) is 7.33. The van der Waals surface area contributed by atoms with E-state index in [1.54, 1.807) is 12.1 Å². The molecule has 0 saturated heterocycles. The van der Waals surface area contributed by atoms with Crippen LogP contribution in [0.2, 0.25) is 0 Å². The van der Waals surface area contributed by atoms with Crippen LogP contribution in [-0.2, 0) is 14.9 Å². The van der Waals surface area contributed by atoms with E-state index in [0.29, 0.717) is 22.6 Å². The number of amides is 1. The molecular weight excluding hydrogens is 384 g/mol. The van der Waals surface area contributed by atoms with Crippen molar-refractivity contribution in [2.75, 3.05) is 0 Å². The third-order valence-electron chi connectivity index (χ3n) is 4.17. The van der Waals surface area contributed by atoms with Crippen molar-refractivity contribution in [3.05, 3.63) is 77.6 Å². The molecule has 1 aliphatic heterocycles. The van der Waals surface area contributed by atoms with Crippen LogP contribution in [0.4, 0.5) is 0 Å². The predicted molar refractivity (Wildman–Crippen MR) is 99.1 cm³/mol. The number of hydrogen-bond donors (Lipinski definition) is 2. The molecule has 8 nitrogen and oxygen atoms in total. The first-order valence-electron chi connectivity index (χ1n) is 8.19. The van der Waals surface area contributed by atoms with Gasteiger partial charge in [-0.25, -0.2) is 5.43 Å². The lowest BCUT2D eigenvalue weighted by Crippen LogP contribution is -2.28. The molecule has 1 aromatic heterocycles. The minimum atomic E-state index is -4.44. The quantitative estimate of drug-likeness (QED) is 0.396. The SMILES string of the molecule is O=C(NN=Cc1ccc(S(=O)(=O)O)o1)C1c2ccccc2Oc2ccccc21. The van der Waals surface area contributed by atoms with Gasteiger partial charge in [-0.05, 0) is 24.3 Å². The zero-order valence-corrected chi connectivity index (χ0v) is 15.1. The number of hydrazone groups is 1. The molecule has 1 amide bonds. The highest BCUT2D eigenvalue weighted by atomic mass is 32.2. The molecule has 2 aromatic carbocycles. The number of para-hydroxylation sites is 2. The Kier molecular flexibility index (Phi) is 4.46. The number of carbonyl (C=O) groups excluding carboxylic acids is 1. The van der Waals surface area contributed by atoms with Crippen molar-refractivity contribution in [3.8, 4) is 11.5 Å². The maximum atomic E-state index is 12.8. The van der Waals surface area contributed by atoms with Gasteiger partial charge >= 0.3 is 10.1 Å². The van der Waals surface area contributed by atoms with Crippen molar-refractivity contribution in [3.63, 3.8) is 0 Å². The van der Waals surface area contributed by atoms with Crippen molar-refractivity contribution in [1.82, 2.24) is 5.43 Å². The van der Waals surface area contributed by atoms with Gasteiger partial charge in [-0.2, -0.15) is 13.5 Å². The van der Waals surface area contributed by atoms with Gasteiger partial charge < -0.3 is 9.15 Å². The number of rotatable bonds is 4. The summed E-state index contributed by atoms with van der Waals surface area (Å²) in [5.41, 5.74) is 3.85. The van der Waals surface area contributed by atoms with Crippen LogP contribution < -0.4 is 10.2 Å². The number of benzene rings is 2. The van der Waals surface area contributed by atoms with E-state index in [9.17, 15) is 13.2 Å². The lowest BCUT2D eigenvalue weighted by Gasteiger charge is -2.26. The predicted octanol–water partition coefficient (Wildman–Crippen LogP) is 2.91. The largest absolute Gasteiger partial charge is 0.457 e. The van der Waals surface area contributed by atoms with E-state index in [1.165, 1.54) is 6.07 Å². The number of ether oxygens (including phenoxy) is 1. The number of nitrogens with zero attached hydrogens (tertiary/aromatic N) is 1. The highest BCUT2D eigenvalue weighted by Crippen LogP contribution is 2.43. The van der Waals surface area contributed by atoms with Gasteiger partial charge in [0.1, 0.15) is 17.3 Å². The van der Waals surface area contributed by atoms with Gasteiger partial charge in [0.2, 0.25) is 5.09 Å². The molecule has 0 bridgehead atoms. The monoisotopic (exact) mass is 398 g/mol. The van der Waals surface area contributed by atoms with Gasteiger partial charge in [0.15, 0.2) is 0 Å². The number of fused-ring (bicyclic) bond motifs is 2. The fourth-order valence-corrected chi connectivity index (χ4v) is 3.40. The second-order valence-electron chi connectivity index (χ2n) is 5.98. The molecule has 0 spiro atoms. The Labute approximate surface area is 160 Å². The molecule has 142 valence electrons. The van der Waals surface area contributed by atoms with Gasteiger partial charge in [-0.15, -0.1) is 0 Å². The molecule has 4 rings (SSSR count). The van der Waals surface area contributed by atoms with Crippen LogP contribution in [0, 0.1) is 0 Å². The van der Waals surface area contributed by atoms with Gasteiger partial charge in [-0.1, -0.05) is 36.4 Å². The fourth-order valence-electron chi connectivity index (χ4n) is 2.96. The van der Waals surface area contributed by atoms with E-state index in [-0.39, 0.29) is 11.7 Å². The third kappa shape index (κ3) is 3.40. The molecule has 0 unspecified atom stereocenters. The number of carbonyl (C=O) groups is 1. The minimum absolute atomic E-state index is 0.0562. The van der Waals surface area contributed by atoms with Crippen LogP contribution in [0.3, 0.4) is 0 Å². The molecule has 2 heterocycles. The first kappa shape index (κ1) is 18.0. The molecule has 3 aromatic rings. The minimum Gasteiger partial charge on any atom is -0.457 e. The molecule has 2 N–H and O–H groups in total. The van der Waals surface area contributed by atoms with Crippen molar-refractivity contribution in [2.24, 2.45) is 5.10 Å². The maximum absolute atomic E-state index is 12.8. The molecule has 0 radical (unpaired) electrons. The molecule has 0 atom stereocenters. The summed E-state index contributed by atoms with van der Waals surface area (Å²) in [4.78, 5) is 12.8. The van der Waals surface area contributed by atoms with Gasteiger partial charge in [0.05, 0.1) is 12.1 Å². The van der Waals surface area contributed by atoms with Crippen molar-refractivity contribution < 1.29 is 26.9 Å². The first-order chi connectivity index (χ1) is 13.4. The van der Waals surface area contributed by atoms with Crippen molar-refractivity contribution in [1.29, 1.82) is 0 Å². The van der Waals surface area contributed by atoms with Crippen LogP contribution in [0.25, 0.3) is 0 Å².